The Bertz CT molecular complexity index is 479. The lowest BCUT2D eigenvalue weighted by Gasteiger charge is -2.42. The molecule has 4 nitrogen and oxygen atoms in total. The molecule has 2 heterocycles. The van der Waals surface area contributed by atoms with E-state index in [9.17, 15) is 0 Å². The maximum Gasteiger partial charge on any atom is 0.170 e. The van der Waals surface area contributed by atoms with Crippen LogP contribution >= 0.6 is 11.6 Å². The minimum Gasteiger partial charge on any atom is -0.347 e. The Hall–Kier alpha value is -0.650. The summed E-state index contributed by atoms with van der Waals surface area (Å²) in [6.45, 7) is 5.29. The van der Waals surface area contributed by atoms with Crippen molar-refractivity contribution in [1.82, 2.24) is 4.90 Å². The zero-order chi connectivity index (χ0) is 14.9. The van der Waals surface area contributed by atoms with E-state index in [0.29, 0.717) is 13.2 Å². The van der Waals surface area contributed by atoms with E-state index in [4.69, 9.17) is 26.8 Å². The second kappa shape index (κ2) is 6.23. The Morgan fingerprint density at radius 1 is 1.19 bits per heavy atom. The Morgan fingerprint density at radius 3 is 2.38 bits per heavy atom. The Labute approximate surface area is 131 Å². The van der Waals surface area contributed by atoms with Gasteiger partial charge in [-0.1, -0.05) is 29.8 Å². The topological polar surface area (TPSA) is 47.7 Å². The van der Waals surface area contributed by atoms with Gasteiger partial charge in [0, 0.05) is 37.0 Å². The molecule has 21 heavy (non-hydrogen) atoms. The van der Waals surface area contributed by atoms with E-state index in [0.717, 1.165) is 36.5 Å². The lowest BCUT2D eigenvalue weighted by atomic mass is 9.94. The molecule has 1 aromatic rings. The number of hydrogen-bond acceptors (Lipinski definition) is 4. The van der Waals surface area contributed by atoms with Crippen LogP contribution in [0.3, 0.4) is 0 Å². The van der Waals surface area contributed by atoms with Gasteiger partial charge in [0.15, 0.2) is 5.79 Å². The SMILES string of the molecule is CC(N)C(c1ccccc1Cl)N1CCC2(CC1)OCCO2. The summed E-state index contributed by atoms with van der Waals surface area (Å²) in [5.74, 6) is -0.348. The van der Waals surface area contributed by atoms with Gasteiger partial charge in [0.25, 0.3) is 0 Å². The summed E-state index contributed by atoms with van der Waals surface area (Å²) in [5, 5.41) is 0.786. The molecule has 1 aromatic carbocycles. The zero-order valence-corrected chi connectivity index (χ0v) is 13.2. The molecular formula is C16H23ClN2O2. The lowest BCUT2D eigenvalue weighted by Crippen LogP contribution is -2.49. The van der Waals surface area contributed by atoms with Gasteiger partial charge in [-0.05, 0) is 18.6 Å². The minimum absolute atomic E-state index is 0.0179. The van der Waals surface area contributed by atoms with Crippen LogP contribution in [-0.2, 0) is 9.47 Å². The molecule has 0 saturated carbocycles. The van der Waals surface area contributed by atoms with Crippen molar-refractivity contribution < 1.29 is 9.47 Å². The largest absolute Gasteiger partial charge is 0.347 e. The van der Waals surface area contributed by atoms with E-state index < -0.39 is 0 Å². The molecule has 5 heteroatoms. The number of piperidine rings is 1. The number of likely N-dealkylation sites (tertiary alicyclic amines) is 1. The second-order valence-electron chi connectivity index (χ2n) is 5.97. The van der Waals surface area contributed by atoms with Crippen molar-refractivity contribution in [2.24, 2.45) is 5.73 Å². The van der Waals surface area contributed by atoms with Gasteiger partial charge in [-0.25, -0.2) is 0 Å². The summed E-state index contributed by atoms with van der Waals surface area (Å²) in [5.41, 5.74) is 7.36. The van der Waals surface area contributed by atoms with Gasteiger partial charge >= 0.3 is 0 Å². The third kappa shape index (κ3) is 3.10. The summed E-state index contributed by atoms with van der Waals surface area (Å²) in [4.78, 5) is 2.40. The van der Waals surface area contributed by atoms with Gasteiger partial charge in [-0.3, -0.25) is 4.90 Å². The summed E-state index contributed by atoms with van der Waals surface area (Å²) < 4.78 is 11.6. The van der Waals surface area contributed by atoms with E-state index in [2.05, 4.69) is 11.0 Å². The highest BCUT2D eigenvalue weighted by Crippen LogP contribution is 2.37. The van der Waals surface area contributed by atoms with Crippen LogP contribution < -0.4 is 5.73 Å². The molecule has 2 N–H and O–H groups in total. The summed E-state index contributed by atoms with van der Waals surface area (Å²) in [6.07, 6.45) is 1.78. The number of ether oxygens (including phenoxy) is 2. The Kier molecular flexibility index (Phi) is 4.52. The van der Waals surface area contributed by atoms with E-state index in [1.54, 1.807) is 0 Å². The van der Waals surface area contributed by atoms with Crippen LogP contribution in [0.15, 0.2) is 24.3 Å². The first-order valence-electron chi connectivity index (χ1n) is 7.63. The molecule has 3 rings (SSSR count). The maximum atomic E-state index is 6.37. The molecule has 2 unspecified atom stereocenters. The van der Waals surface area contributed by atoms with E-state index in [1.807, 2.05) is 25.1 Å². The summed E-state index contributed by atoms with van der Waals surface area (Å²) in [7, 11) is 0. The van der Waals surface area contributed by atoms with E-state index >= 15 is 0 Å². The van der Waals surface area contributed by atoms with Crippen LogP contribution in [0.4, 0.5) is 0 Å². The van der Waals surface area contributed by atoms with Crippen molar-refractivity contribution in [3.8, 4) is 0 Å². The van der Waals surface area contributed by atoms with Gasteiger partial charge in [-0.15, -0.1) is 0 Å². The highest BCUT2D eigenvalue weighted by Gasteiger charge is 2.41. The molecule has 1 spiro atoms. The molecule has 0 aliphatic carbocycles. The maximum absolute atomic E-state index is 6.37. The van der Waals surface area contributed by atoms with Gasteiger partial charge < -0.3 is 15.2 Å². The van der Waals surface area contributed by atoms with Crippen molar-refractivity contribution in [1.29, 1.82) is 0 Å². The fraction of sp³-hybridized carbons (Fsp3) is 0.625. The zero-order valence-electron chi connectivity index (χ0n) is 12.4. The third-order valence-electron chi connectivity index (χ3n) is 4.49. The average Bonchev–Trinajstić information content (AvgIpc) is 2.92. The molecular weight excluding hydrogens is 288 g/mol. The second-order valence-corrected chi connectivity index (χ2v) is 6.38. The number of nitrogens with zero attached hydrogens (tertiary/aromatic N) is 1. The Morgan fingerprint density at radius 2 is 1.81 bits per heavy atom. The molecule has 2 atom stereocenters. The first-order valence-corrected chi connectivity index (χ1v) is 8.01. The highest BCUT2D eigenvalue weighted by atomic mass is 35.5. The van der Waals surface area contributed by atoms with Crippen LogP contribution in [0.2, 0.25) is 5.02 Å². The highest BCUT2D eigenvalue weighted by molar-refractivity contribution is 6.31. The minimum atomic E-state index is -0.348. The Balaban J connectivity index is 1.76. The predicted molar refractivity (Wildman–Crippen MR) is 83.3 cm³/mol. The number of rotatable bonds is 3. The number of nitrogens with two attached hydrogens (primary N) is 1. The van der Waals surface area contributed by atoms with Crippen LogP contribution in [0.1, 0.15) is 31.4 Å². The fourth-order valence-electron chi connectivity index (χ4n) is 3.46. The summed E-state index contributed by atoms with van der Waals surface area (Å²) >= 11 is 6.37. The van der Waals surface area contributed by atoms with Crippen LogP contribution in [-0.4, -0.2) is 43.0 Å². The molecule has 0 bridgehead atoms. The quantitative estimate of drug-likeness (QED) is 0.932. The van der Waals surface area contributed by atoms with Crippen LogP contribution in [0, 0.1) is 0 Å². The van der Waals surface area contributed by atoms with Gasteiger partial charge in [0.05, 0.1) is 19.3 Å². The van der Waals surface area contributed by atoms with Gasteiger partial charge in [0.1, 0.15) is 0 Å². The molecule has 116 valence electrons. The van der Waals surface area contributed by atoms with Crippen molar-refractivity contribution in [3.05, 3.63) is 34.9 Å². The average molecular weight is 311 g/mol. The smallest absolute Gasteiger partial charge is 0.170 e. The molecule has 0 aromatic heterocycles. The fourth-order valence-corrected chi connectivity index (χ4v) is 3.70. The van der Waals surface area contributed by atoms with Gasteiger partial charge in [0.2, 0.25) is 0 Å². The molecule has 2 aliphatic heterocycles. The van der Waals surface area contributed by atoms with Crippen LogP contribution in [0.25, 0.3) is 0 Å². The van der Waals surface area contributed by atoms with E-state index in [1.165, 1.54) is 0 Å². The lowest BCUT2D eigenvalue weighted by molar-refractivity contribution is -0.188. The van der Waals surface area contributed by atoms with Crippen molar-refractivity contribution in [2.75, 3.05) is 26.3 Å². The van der Waals surface area contributed by atoms with Crippen molar-refractivity contribution in [2.45, 2.75) is 37.6 Å². The molecule has 0 amide bonds. The molecule has 2 aliphatic rings. The van der Waals surface area contributed by atoms with E-state index in [-0.39, 0.29) is 17.9 Å². The van der Waals surface area contributed by atoms with Gasteiger partial charge in [-0.2, -0.15) is 0 Å². The van der Waals surface area contributed by atoms with Crippen molar-refractivity contribution >= 4 is 11.6 Å². The molecule has 2 saturated heterocycles. The van der Waals surface area contributed by atoms with Crippen LogP contribution in [0.5, 0.6) is 0 Å². The molecule has 0 radical (unpaired) electrons. The number of hydrogen-bond donors (Lipinski definition) is 1. The standard InChI is InChI=1S/C16H23ClN2O2/c1-12(18)15(13-4-2-3-5-14(13)17)19-8-6-16(7-9-19)20-10-11-21-16/h2-5,12,15H,6-11,18H2,1H3. The summed E-state index contributed by atoms with van der Waals surface area (Å²) in [6, 6.07) is 8.13. The predicted octanol–water partition coefficient (Wildman–Crippen LogP) is 2.57. The first-order chi connectivity index (χ1) is 10.1. The number of benzene rings is 1. The third-order valence-corrected chi connectivity index (χ3v) is 4.83. The number of halogens is 1. The monoisotopic (exact) mass is 310 g/mol. The normalized spacial score (nSPS) is 25.1. The first kappa shape index (κ1) is 15.3. The molecule has 2 fully saturated rings. The van der Waals surface area contributed by atoms with Crippen molar-refractivity contribution in [3.63, 3.8) is 0 Å².